The van der Waals surface area contributed by atoms with Crippen molar-refractivity contribution in [1.29, 1.82) is 0 Å². The van der Waals surface area contributed by atoms with Crippen LogP contribution in [0.25, 0.3) is 0 Å². The maximum atomic E-state index is 12.8. The van der Waals surface area contributed by atoms with Gasteiger partial charge >= 0.3 is 0 Å². The van der Waals surface area contributed by atoms with Gasteiger partial charge in [-0.1, -0.05) is 61.5 Å². The molecule has 2 atom stereocenters. The second kappa shape index (κ2) is 9.52. The molecule has 0 saturated carbocycles. The first-order valence-corrected chi connectivity index (χ1v) is 9.99. The van der Waals surface area contributed by atoms with Gasteiger partial charge in [0.05, 0.1) is 0 Å². The van der Waals surface area contributed by atoms with Gasteiger partial charge < -0.3 is 4.90 Å². The summed E-state index contributed by atoms with van der Waals surface area (Å²) in [5.41, 5.74) is 2.37. The van der Waals surface area contributed by atoms with E-state index in [0.717, 1.165) is 38.0 Å². The van der Waals surface area contributed by atoms with Crippen LogP contribution in [0.15, 0.2) is 73.3 Å². The normalized spacial score (nSPS) is 20.2. The SMILES string of the molecule is C=CCN1CCC(N(C(=O)CC)c2ccccc2)CC1Cc1ccccc1. The van der Waals surface area contributed by atoms with Gasteiger partial charge in [0.2, 0.25) is 5.91 Å². The first-order valence-electron chi connectivity index (χ1n) is 9.99. The van der Waals surface area contributed by atoms with E-state index in [4.69, 9.17) is 0 Å². The van der Waals surface area contributed by atoms with E-state index in [9.17, 15) is 4.79 Å². The van der Waals surface area contributed by atoms with Crippen LogP contribution in [0.2, 0.25) is 0 Å². The van der Waals surface area contributed by atoms with Crippen LogP contribution in [0.3, 0.4) is 0 Å². The highest BCUT2D eigenvalue weighted by molar-refractivity contribution is 5.93. The monoisotopic (exact) mass is 362 g/mol. The first-order chi connectivity index (χ1) is 13.2. The van der Waals surface area contributed by atoms with Gasteiger partial charge in [-0.25, -0.2) is 0 Å². The predicted octanol–water partition coefficient (Wildman–Crippen LogP) is 4.69. The van der Waals surface area contributed by atoms with Crippen LogP contribution in [-0.2, 0) is 11.2 Å². The molecule has 2 unspecified atom stereocenters. The van der Waals surface area contributed by atoms with Crippen molar-refractivity contribution in [2.45, 2.75) is 44.7 Å². The topological polar surface area (TPSA) is 23.6 Å². The van der Waals surface area contributed by atoms with E-state index in [1.807, 2.05) is 36.1 Å². The number of carbonyl (C=O) groups excluding carboxylic acids is 1. The van der Waals surface area contributed by atoms with Gasteiger partial charge in [0.1, 0.15) is 0 Å². The molecule has 3 rings (SSSR count). The minimum Gasteiger partial charge on any atom is -0.309 e. The van der Waals surface area contributed by atoms with Gasteiger partial charge in [-0.05, 0) is 37.0 Å². The number of likely N-dealkylation sites (tertiary alicyclic amines) is 1. The maximum Gasteiger partial charge on any atom is 0.226 e. The molecular weight excluding hydrogens is 332 g/mol. The lowest BCUT2D eigenvalue weighted by molar-refractivity contribution is -0.119. The number of hydrogen-bond acceptors (Lipinski definition) is 2. The molecule has 0 aliphatic carbocycles. The molecule has 3 heteroatoms. The van der Waals surface area contributed by atoms with Crippen molar-refractivity contribution in [3.63, 3.8) is 0 Å². The Hall–Kier alpha value is -2.39. The lowest BCUT2D eigenvalue weighted by Crippen LogP contribution is -2.52. The van der Waals surface area contributed by atoms with Crippen LogP contribution in [0.5, 0.6) is 0 Å². The molecule has 0 N–H and O–H groups in total. The second-order valence-corrected chi connectivity index (χ2v) is 7.26. The molecule has 1 fully saturated rings. The maximum absolute atomic E-state index is 12.8. The first kappa shape index (κ1) is 19.4. The van der Waals surface area contributed by atoms with E-state index in [2.05, 4.69) is 53.9 Å². The molecule has 0 radical (unpaired) electrons. The molecule has 0 bridgehead atoms. The number of para-hydroxylation sites is 1. The minimum absolute atomic E-state index is 0.210. The molecule has 2 aromatic rings. The van der Waals surface area contributed by atoms with Crippen LogP contribution < -0.4 is 4.90 Å². The zero-order valence-corrected chi connectivity index (χ0v) is 16.3. The minimum atomic E-state index is 0.210. The van der Waals surface area contributed by atoms with Gasteiger partial charge in [0, 0.05) is 37.3 Å². The molecular formula is C24H30N2O. The standard InChI is InChI=1S/C24H30N2O/c1-3-16-25-17-15-22(19-23(25)18-20-11-7-5-8-12-20)26(24(27)4-2)21-13-9-6-10-14-21/h3,5-14,22-23H,1,4,15-19H2,2H3. The van der Waals surface area contributed by atoms with Crippen molar-refractivity contribution in [2.24, 2.45) is 0 Å². The predicted molar refractivity (Wildman–Crippen MR) is 113 cm³/mol. The molecule has 0 aromatic heterocycles. The molecule has 1 aliphatic heterocycles. The highest BCUT2D eigenvalue weighted by atomic mass is 16.2. The third-order valence-electron chi connectivity index (χ3n) is 5.46. The highest BCUT2D eigenvalue weighted by Gasteiger charge is 2.33. The van der Waals surface area contributed by atoms with Crippen LogP contribution in [0, 0.1) is 0 Å². The second-order valence-electron chi connectivity index (χ2n) is 7.26. The molecule has 1 saturated heterocycles. The smallest absolute Gasteiger partial charge is 0.226 e. The summed E-state index contributed by atoms with van der Waals surface area (Å²) in [5.74, 6) is 0.210. The fourth-order valence-corrected chi connectivity index (χ4v) is 4.14. The number of amides is 1. The van der Waals surface area contributed by atoms with Gasteiger partial charge in [-0.3, -0.25) is 9.69 Å². The van der Waals surface area contributed by atoms with Gasteiger partial charge in [0.25, 0.3) is 0 Å². The summed E-state index contributed by atoms with van der Waals surface area (Å²) in [5, 5.41) is 0. The summed E-state index contributed by atoms with van der Waals surface area (Å²) in [6.45, 7) is 7.78. The lowest BCUT2D eigenvalue weighted by Gasteiger charge is -2.43. The third kappa shape index (κ3) is 4.86. The molecule has 142 valence electrons. The fraction of sp³-hybridized carbons (Fsp3) is 0.375. The Kier molecular flexibility index (Phi) is 6.83. The summed E-state index contributed by atoms with van der Waals surface area (Å²) in [6.07, 6.45) is 5.52. The van der Waals surface area contributed by atoms with Crippen molar-refractivity contribution in [1.82, 2.24) is 4.90 Å². The summed E-state index contributed by atoms with van der Waals surface area (Å²) in [4.78, 5) is 17.3. The van der Waals surface area contributed by atoms with Gasteiger partial charge in [-0.15, -0.1) is 6.58 Å². The summed E-state index contributed by atoms with van der Waals surface area (Å²) in [6, 6.07) is 21.5. The molecule has 1 heterocycles. The van der Waals surface area contributed by atoms with E-state index >= 15 is 0 Å². The Labute approximate surface area is 163 Å². The number of hydrogen-bond donors (Lipinski definition) is 0. The average molecular weight is 363 g/mol. The average Bonchev–Trinajstić information content (AvgIpc) is 2.71. The van der Waals surface area contributed by atoms with Crippen LogP contribution in [0.4, 0.5) is 5.69 Å². The summed E-state index contributed by atoms with van der Waals surface area (Å²) >= 11 is 0. The molecule has 3 nitrogen and oxygen atoms in total. The largest absolute Gasteiger partial charge is 0.309 e. The van der Waals surface area contributed by atoms with E-state index in [-0.39, 0.29) is 11.9 Å². The Morgan fingerprint density at radius 2 is 1.81 bits per heavy atom. The highest BCUT2D eigenvalue weighted by Crippen LogP contribution is 2.29. The molecule has 1 aliphatic rings. The number of benzene rings is 2. The number of rotatable bonds is 7. The van der Waals surface area contributed by atoms with Crippen molar-refractivity contribution >= 4 is 11.6 Å². The fourth-order valence-electron chi connectivity index (χ4n) is 4.14. The summed E-state index contributed by atoms with van der Waals surface area (Å²) < 4.78 is 0. The third-order valence-corrected chi connectivity index (χ3v) is 5.46. The number of carbonyl (C=O) groups is 1. The quantitative estimate of drug-likeness (QED) is 0.667. The van der Waals surface area contributed by atoms with Crippen LogP contribution in [0.1, 0.15) is 31.7 Å². The van der Waals surface area contributed by atoms with E-state index < -0.39 is 0 Å². The summed E-state index contributed by atoms with van der Waals surface area (Å²) in [7, 11) is 0. The Morgan fingerprint density at radius 1 is 1.15 bits per heavy atom. The van der Waals surface area contributed by atoms with Crippen molar-refractivity contribution < 1.29 is 4.79 Å². The molecule has 2 aromatic carbocycles. The number of anilines is 1. The van der Waals surface area contributed by atoms with E-state index in [0.29, 0.717) is 12.5 Å². The van der Waals surface area contributed by atoms with Crippen molar-refractivity contribution in [3.8, 4) is 0 Å². The lowest BCUT2D eigenvalue weighted by atomic mass is 9.90. The van der Waals surface area contributed by atoms with E-state index in [1.165, 1.54) is 5.56 Å². The van der Waals surface area contributed by atoms with E-state index in [1.54, 1.807) is 0 Å². The van der Waals surface area contributed by atoms with Crippen molar-refractivity contribution in [2.75, 3.05) is 18.0 Å². The van der Waals surface area contributed by atoms with Gasteiger partial charge in [0.15, 0.2) is 0 Å². The number of nitrogens with zero attached hydrogens (tertiary/aromatic N) is 2. The molecule has 0 spiro atoms. The number of piperidine rings is 1. The zero-order valence-electron chi connectivity index (χ0n) is 16.3. The molecule has 27 heavy (non-hydrogen) atoms. The Balaban J connectivity index is 1.82. The van der Waals surface area contributed by atoms with Gasteiger partial charge in [-0.2, -0.15) is 0 Å². The zero-order chi connectivity index (χ0) is 19.1. The van der Waals surface area contributed by atoms with Crippen LogP contribution >= 0.6 is 0 Å². The Bertz CT molecular complexity index is 729. The van der Waals surface area contributed by atoms with Crippen molar-refractivity contribution in [3.05, 3.63) is 78.9 Å². The molecule has 1 amide bonds. The Morgan fingerprint density at radius 3 is 2.44 bits per heavy atom. The van der Waals surface area contributed by atoms with Crippen LogP contribution in [-0.4, -0.2) is 36.0 Å².